The Labute approximate surface area is 188 Å². The van der Waals surface area contributed by atoms with Crippen LogP contribution in [0, 0.1) is 5.92 Å². The van der Waals surface area contributed by atoms with Crippen molar-refractivity contribution in [1.29, 1.82) is 0 Å². The van der Waals surface area contributed by atoms with E-state index in [1.807, 2.05) is 48.3 Å². The number of carbonyl (C=O) groups excluding carboxylic acids is 2. The lowest BCUT2D eigenvalue weighted by molar-refractivity contribution is -0.121. The first kappa shape index (κ1) is 20.6. The lowest BCUT2D eigenvalue weighted by Crippen LogP contribution is -2.51. The van der Waals surface area contributed by atoms with Gasteiger partial charge in [0.2, 0.25) is 5.91 Å². The molecule has 2 aliphatic heterocycles. The second kappa shape index (κ2) is 8.01. The number of nitrogens with one attached hydrogen (secondary N) is 1. The first-order valence-corrected chi connectivity index (χ1v) is 11.5. The molecule has 6 nitrogen and oxygen atoms in total. The molecule has 3 heterocycles. The highest BCUT2D eigenvalue weighted by Crippen LogP contribution is 2.44. The highest BCUT2D eigenvalue weighted by Gasteiger charge is 2.42. The normalized spacial score (nSPS) is 17.4. The number of rotatable bonds is 5. The third-order valence-electron chi connectivity index (χ3n) is 6.75. The maximum atomic E-state index is 13.4. The molecule has 166 valence electrons. The number of amides is 2. The van der Waals surface area contributed by atoms with Crippen molar-refractivity contribution < 1.29 is 9.59 Å². The second-order valence-corrected chi connectivity index (χ2v) is 9.25. The molecule has 3 aromatic rings. The fourth-order valence-corrected chi connectivity index (χ4v) is 5.18. The Morgan fingerprint density at radius 2 is 1.88 bits per heavy atom. The Bertz CT molecular complexity index is 1200. The summed E-state index contributed by atoms with van der Waals surface area (Å²) in [5.41, 5.74) is 5.03. The summed E-state index contributed by atoms with van der Waals surface area (Å²) in [5, 5.41) is 4.26. The van der Waals surface area contributed by atoms with Crippen LogP contribution in [-0.4, -0.2) is 41.4 Å². The molecule has 0 saturated carbocycles. The van der Waals surface area contributed by atoms with Crippen molar-refractivity contribution >= 4 is 28.4 Å². The zero-order valence-electron chi connectivity index (χ0n) is 19.0. The van der Waals surface area contributed by atoms with E-state index in [0.717, 1.165) is 35.3 Å². The van der Waals surface area contributed by atoms with Crippen molar-refractivity contribution in [2.45, 2.75) is 39.4 Å². The topological polar surface area (TPSA) is 57.6 Å². The fourth-order valence-electron chi connectivity index (χ4n) is 5.18. The van der Waals surface area contributed by atoms with E-state index in [2.05, 4.69) is 40.8 Å². The first-order valence-electron chi connectivity index (χ1n) is 11.5. The standard InChI is InChI=1S/C26H30N4O2/c1-17(2)12-14-27-23(31)16-30-22-11-7-4-8-18(22)19-13-15-29-25(24(19)30)28(3)21-10-6-5-9-20(21)26(29)32/h4-11,17,25H,12-16H2,1-3H3,(H,27,31)/t25-/m1/s1. The molecule has 2 amide bonds. The van der Waals surface area contributed by atoms with Gasteiger partial charge in [-0.05, 0) is 42.5 Å². The molecular formula is C26H30N4O2. The molecule has 1 N–H and O–H groups in total. The van der Waals surface area contributed by atoms with Crippen LogP contribution in [0.5, 0.6) is 0 Å². The number of carbonyl (C=O) groups is 2. The summed E-state index contributed by atoms with van der Waals surface area (Å²) in [4.78, 5) is 30.4. The molecule has 32 heavy (non-hydrogen) atoms. The van der Waals surface area contributed by atoms with E-state index in [9.17, 15) is 9.59 Å². The van der Waals surface area contributed by atoms with Crippen LogP contribution in [0.3, 0.4) is 0 Å². The van der Waals surface area contributed by atoms with E-state index in [1.165, 1.54) is 10.9 Å². The Kier molecular flexibility index (Phi) is 5.16. The summed E-state index contributed by atoms with van der Waals surface area (Å²) in [6.07, 6.45) is 1.52. The van der Waals surface area contributed by atoms with Gasteiger partial charge in [-0.1, -0.05) is 44.2 Å². The summed E-state index contributed by atoms with van der Waals surface area (Å²) < 4.78 is 2.13. The van der Waals surface area contributed by atoms with Crippen molar-refractivity contribution in [2.24, 2.45) is 5.92 Å². The van der Waals surface area contributed by atoms with E-state index in [4.69, 9.17) is 0 Å². The summed E-state index contributed by atoms with van der Waals surface area (Å²) in [6.45, 7) is 5.92. The summed E-state index contributed by atoms with van der Waals surface area (Å²) in [6, 6.07) is 16.1. The Morgan fingerprint density at radius 1 is 1.12 bits per heavy atom. The molecular weight excluding hydrogens is 400 g/mol. The quantitative estimate of drug-likeness (QED) is 0.667. The summed E-state index contributed by atoms with van der Waals surface area (Å²) >= 11 is 0. The predicted molar refractivity (Wildman–Crippen MR) is 127 cm³/mol. The highest BCUT2D eigenvalue weighted by molar-refractivity contribution is 6.02. The van der Waals surface area contributed by atoms with Crippen molar-refractivity contribution in [3.05, 3.63) is 65.4 Å². The van der Waals surface area contributed by atoms with Crippen molar-refractivity contribution in [1.82, 2.24) is 14.8 Å². The van der Waals surface area contributed by atoms with E-state index < -0.39 is 0 Å². The number of anilines is 1. The lowest BCUT2D eigenvalue weighted by atomic mass is 9.96. The number of nitrogens with zero attached hydrogens (tertiary/aromatic N) is 3. The number of para-hydroxylation sites is 2. The van der Waals surface area contributed by atoms with Crippen LogP contribution < -0.4 is 10.2 Å². The lowest BCUT2D eigenvalue weighted by Gasteiger charge is -2.46. The van der Waals surface area contributed by atoms with Crippen molar-refractivity contribution in [3.8, 4) is 0 Å². The van der Waals surface area contributed by atoms with Gasteiger partial charge in [-0.25, -0.2) is 0 Å². The highest BCUT2D eigenvalue weighted by atomic mass is 16.2. The monoisotopic (exact) mass is 430 g/mol. The minimum Gasteiger partial charge on any atom is -0.355 e. The third kappa shape index (κ3) is 3.25. The molecule has 0 bridgehead atoms. The minimum atomic E-state index is -0.225. The van der Waals surface area contributed by atoms with Gasteiger partial charge in [-0.3, -0.25) is 9.59 Å². The predicted octanol–water partition coefficient (Wildman–Crippen LogP) is 3.95. The fraction of sp³-hybridized carbons (Fsp3) is 0.385. The average Bonchev–Trinajstić information content (AvgIpc) is 3.10. The van der Waals surface area contributed by atoms with Crippen molar-refractivity contribution in [2.75, 3.05) is 25.0 Å². The number of benzene rings is 2. The van der Waals surface area contributed by atoms with Gasteiger partial charge >= 0.3 is 0 Å². The van der Waals surface area contributed by atoms with Gasteiger partial charge in [0.15, 0.2) is 0 Å². The van der Waals surface area contributed by atoms with Crippen LogP contribution in [0.1, 0.15) is 48.0 Å². The van der Waals surface area contributed by atoms with Crippen LogP contribution in [0.25, 0.3) is 10.9 Å². The van der Waals surface area contributed by atoms with Gasteiger partial charge in [-0.15, -0.1) is 0 Å². The molecule has 5 rings (SSSR count). The van der Waals surface area contributed by atoms with E-state index in [1.54, 1.807) is 0 Å². The van der Waals surface area contributed by atoms with E-state index >= 15 is 0 Å². The smallest absolute Gasteiger partial charge is 0.257 e. The largest absolute Gasteiger partial charge is 0.355 e. The van der Waals surface area contributed by atoms with Crippen LogP contribution in [0.15, 0.2) is 48.5 Å². The molecule has 0 spiro atoms. The first-order chi connectivity index (χ1) is 15.5. The molecule has 0 saturated heterocycles. The number of hydrogen-bond acceptors (Lipinski definition) is 3. The van der Waals surface area contributed by atoms with E-state index in [-0.39, 0.29) is 24.5 Å². The average molecular weight is 431 g/mol. The third-order valence-corrected chi connectivity index (χ3v) is 6.75. The molecule has 6 heteroatoms. The Balaban J connectivity index is 1.59. The number of hydrogen-bond donors (Lipinski definition) is 1. The minimum absolute atomic E-state index is 0.0107. The summed E-state index contributed by atoms with van der Waals surface area (Å²) in [5.74, 6) is 0.620. The van der Waals surface area contributed by atoms with Crippen LogP contribution in [0.4, 0.5) is 5.69 Å². The van der Waals surface area contributed by atoms with Gasteiger partial charge in [0.1, 0.15) is 12.7 Å². The molecule has 2 aromatic carbocycles. The molecule has 0 radical (unpaired) electrons. The van der Waals surface area contributed by atoms with Gasteiger partial charge in [0, 0.05) is 31.0 Å². The molecule has 1 aromatic heterocycles. The molecule has 0 fully saturated rings. The van der Waals surface area contributed by atoms with Gasteiger partial charge < -0.3 is 19.7 Å². The molecule has 0 unspecified atom stereocenters. The van der Waals surface area contributed by atoms with Gasteiger partial charge in [0.25, 0.3) is 5.91 Å². The Hall–Kier alpha value is -3.28. The number of fused-ring (bicyclic) bond motifs is 6. The van der Waals surface area contributed by atoms with Crippen LogP contribution >= 0.6 is 0 Å². The molecule has 1 atom stereocenters. The SMILES string of the molecule is CC(C)CCNC(=O)Cn1c2c(c3ccccc31)CCN1C(=O)c3ccccc3N(C)[C@@H]21. The van der Waals surface area contributed by atoms with E-state index in [0.29, 0.717) is 19.0 Å². The second-order valence-electron chi connectivity index (χ2n) is 9.25. The van der Waals surface area contributed by atoms with Gasteiger partial charge in [0.05, 0.1) is 16.9 Å². The Morgan fingerprint density at radius 3 is 2.69 bits per heavy atom. The molecule has 0 aliphatic carbocycles. The van der Waals surface area contributed by atoms with Crippen molar-refractivity contribution in [3.63, 3.8) is 0 Å². The zero-order chi connectivity index (χ0) is 22.4. The molecule has 2 aliphatic rings. The van der Waals surface area contributed by atoms with Gasteiger partial charge in [-0.2, -0.15) is 0 Å². The zero-order valence-corrected chi connectivity index (χ0v) is 19.0. The van der Waals surface area contributed by atoms with Crippen LogP contribution in [-0.2, 0) is 17.8 Å². The van der Waals surface area contributed by atoms with Crippen LogP contribution in [0.2, 0.25) is 0 Å². The number of aromatic nitrogens is 1. The maximum absolute atomic E-state index is 13.4. The summed E-state index contributed by atoms with van der Waals surface area (Å²) in [7, 11) is 2.04. The maximum Gasteiger partial charge on any atom is 0.257 e.